The second-order valence-corrected chi connectivity index (χ2v) is 3.88. The molecule has 0 saturated heterocycles. The third kappa shape index (κ3) is 2.47. The quantitative estimate of drug-likeness (QED) is 0.671. The van der Waals surface area contributed by atoms with E-state index in [-0.39, 0.29) is 12.1 Å². The molecule has 0 bridgehead atoms. The molecular weight excluding hydrogens is 240 g/mol. The predicted molar refractivity (Wildman–Crippen MR) is 59.7 cm³/mol. The van der Waals surface area contributed by atoms with Crippen LogP contribution in [0, 0.1) is 6.92 Å². The number of carbonyl (C=O) groups excluding carboxylic acids is 1. The van der Waals surface area contributed by atoms with Crippen LogP contribution in [0.2, 0.25) is 0 Å². The molecule has 1 aliphatic heterocycles. The van der Waals surface area contributed by atoms with Gasteiger partial charge in [0.25, 0.3) is 5.91 Å². The number of nitrogens with zero attached hydrogens (tertiary/aromatic N) is 2. The molecule has 2 heterocycles. The molecule has 0 aromatic carbocycles. The first kappa shape index (κ1) is 12.1. The van der Waals surface area contributed by atoms with Gasteiger partial charge in [0.05, 0.1) is 6.20 Å². The van der Waals surface area contributed by atoms with E-state index in [1.54, 1.807) is 6.20 Å². The number of rotatable bonds is 4. The third-order valence-electron chi connectivity index (χ3n) is 2.60. The Morgan fingerprint density at radius 1 is 1.67 bits per heavy atom. The summed E-state index contributed by atoms with van der Waals surface area (Å²) in [5, 5.41) is 21.2. The number of carboxylic acid groups (broad SMARTS) is 1. The van der Waals surface area contributed by atoms with Crippen molar-refractivity contribution in [2.75, 3.05) is 0 Å². The highest BCUT2D eigenvalue weighted by molar-refractivity contribution is 6.36. The number of aromatic nitrogens is 2. The topological polar surface area (TPSA) is 117 Å². The van der Waals surface area contributed by atoms with E-state index in [1.807, 2.05) is 6.92 Å². The smallest absolute Gasteiger partial charge is 0.353 e. The standard InChI is InChI=1S/C10H12N4O4/c1-5-6(4-12-13-5)3-11-9(15)8-2-7(10(16)17)14-18-8/h4,8H,2-3H2,1H3,(H,11,15)(H,12,13)(H,16,17). The summed E-state index contributed by atoms with van der Waals surface area (Å²) in [6.07, 6.45) is 0.721. The van der Waals surface area contributed by atoms with Crippen molar-refractivity contribution < 1.29 is 19.5 Å². The number of aromatic amines is 1. The molecule has 1 aromatic rings. The maximum Gasteiger partial charge on any atom is 0.353 e. The molecule has 1 atom stereocenters. The number of aliphatic carboxylic acids is 1. The van der Waals surface area contributed by atoms with Crippen molar-refractivity contribution in [2.24, 2.45) is 5.16 Å². The van der Waals surface area contributed by atoms with Crippen molar-refractivity contribution in [3.8, 4) is 0 Å². The molecule has 8 nitrogen and oxygen atoms in total. The molecular formula is C10H12N4O4. The van der Waals surface area contributed by atoms with Gasteiger partial charge in [-0.1, -0.05) is 5.16 Å². The highest BCUT2D eigenvalue weighted by Gasteiger charge is 2.31. The molecule has 8 heteroatoms. The largest absolute Gasteiger partial charge is 0.477 e. The monoisotopic (exact) mass is 252 g/mol. The lowest BCUT2D eigenvalue weighted by atomic mass is 10.1. The van der Waals surface area contributed by atoms with E-state index in [0.717, 1.165) is 11.3 Å². The van der Waals surface area contributed by atoms with Crippen LogP contribution in [0.3, 0.4) is 0 Å². The first-order chi connectivity index (χ1) is 8.58. The van der Waals surface area contributed by atoms with Crippen LogP contribution in [-0.4, -0.2) is 39.0 Å². The van der Waals surface area contributed by atoms with Gasteiger partial charge in [0.2, 0.25) is 6.10 Å². The number of hydrogen-bond donors (Lipinski definition) is 3. The minimum Gasteiger partial charge on any atom is -0.477 e. The van der Waals surface area contributed by atoms with Crippen LogP contribution in [-0.2, 0) is 21.0 Å². The Morgan fingerprint density at radius 2 is 2.44 bits per heavy atom. The lowest BCUT2D eigenvalue weighted by Gasteiger charge is -2.08. The van der Waals surface area contributed by atoms with E-state index in [9.17, 15) is 9.59 Å². The van der Waals surface area contributed by atoms with Crippen molar-refractivity contribution in [1.29, 1.82) is 0 Å². The van der Waals surface area contributed by atoms with Crippen LogP contribution in [0.5, 0.6) is 0 Å². The Hall–Kier alpha value is -2.38. The maximum absolute atomic E-state index is 11.7. The van der Waals surface area contributed by atoms with Crippen molar-refractivity contribution >= 4 is 17.6 Å². The predicted octanol–water partition coefficient (Wildman–Crippen LogP) is -0.436. The SMILES string of the molecule is Cc1[nH]ncc1CNC(=O)C1CC(C(=O)O)=NO1. The van der Waals surface area contributed by atoms with Gasteiger partial charge >= 0.3 is 5.97 Å². The summed E-state index contributed by atoms with van der Waals surface area (Å²) in [4.78, 5) is 27.1. The summed E-state index contributed by atoms with van der Waals surface area (Å²) in [7, 11) is 0. The summed E-state index contributed by atoms with van der Waals surface area (Å²) < 4.78 is 0. The van der Waals surface area contributed by atoms with Crippen LogP contribution in [0.1, 0.15) is 17.7 Å². The van der Waals surface area contributed by atoms with Gasteiger partial charge in [-0.05, 0) is 6.92 Å². The van der Waals surface area contributed by atoms with Gasteiger partial charge in [0, 0.05) is 24.2 Å². The minimum absolute atomic E-state index is 0.0223. The molecule has 1 aromatic heterocycles. The molecule has 0 aliphatic carbocycles. The first-order valence-corrected chi connectivity index (χ1v) is 5.30. The molecule has 2 rings (SSSR count). The number of carbonyl (C=O) groups is 2. The van der Waals surface area contributed by atoms with Crippen molar-refractivity contribution in [1.82, 2.24) is 15.5 Å². The molecule has 0 radical (unpaired) electrons. The van der Waals surface area contributed by atoms with E-state index in [0.29, 0.717) is 6.54 Å². The van der Waals surface area contributed by atoms with Crippen molar-refractivity contribution in [3.63, 3.8) is 0 Å². The van der Waals surface area contributed by atoms with Crippen molar-refractivity contribution in [3.05, 3.63) is 17.5 Å². The second kappa shape index (κ2) is 4.86. The minimum atomic E-state index is -1.17. The molecule has 3 N–H and O–H groups in total. The van der Waals surface area contributed by atoms with E-state index in [1.165, 1.54) is 0 Å². The molecule has 1 amide bonds. The van der Waals surface area contributed by atoms with Crippen LogP contribution < -0.4 is 5.32 Å². The normalized spacial score (nSPS) is 18.1. The summed E-state index contributed by atoms with van der Waals surface area (Å²) in [5.41, 5.74) is 1.58. The van der Waals surface area contributed by atoms with Crippen molar-refractivity contribution in [2.45, 2.75) is 26.0 Å². The number of carboxylic acids is 1. The Labute approximate surface area is 102 Å². The van der Waals surface area contributed by atoms with Crippen LogP contribution in [0.15, 0.2) is 11.4 Å². The molecule has 0 fully saturated rings. The van der Waals surface area contributed by atoms with Gasteiger partial charge in [-0.3, -0.25) is 9.89 Å². The van der Waals surface area contributed by atoms with Crippen LogP contribution in [0.25, 0.3) is 0 Å². The zero-order valence-electron chi connectivity index (χ0n) is 9.64. The number of hydrogen-bond acceptors (Lipinski definition) is 5. The number of nitrogens with one attached hydrogen (secondary N) is 2. The van der Waals surface area contributed by atoms with Gasteiger partial charge < -0.3 is 15.3 Å². The molecule has 1 aliphatic rings. The summed E-state index contributed by atoms with van der Waals surface area (Å²) >= 11 is 0. The summed E-state index contributed by atoms with van der Waals surface area (Å²) in [5.74, 6) is -1.56. The molecule has 96 valence electrons. The Morgan fingerprint density at radius 3 is 3.00 bits per heavy atom. The maximum atomic E-state index is 11.7. The average Bonchev–Trinajstić information content (AvgIpc) is 2.94. The number of H-pyrrole nitrogens is 1. The zero-order valence-corrected chi connectivity index (χ0v) is 9.64. The van der Waals surface area contributed by atoms with Gasteiger partial charge in [0.15, 0.2) is 5.71 Å². The van der Waals surface area contributed by atoms with Crippen LogP contribution >= 0.6 is 0 Å². The number of oxime groups is 1. The summed E-state index contributed by atoms with van der Waals surface area (Å²) in [6.45, 7) is 2.15. The molecule has 0 spiro atoms. The fraction of sp³-hybridized carbons (Fsp3) is 0.400. The van der Waals surface area contributed by atoms with Gasteiger partial charge in [0.1, 0.15) is 0 Å². The average molecular weight is 252 g/mol. The lowest BCUT2D eigenvalue weighted by molar-refractivity contribution is -0.131. The highest BCUT2D eigenvalue weighted by Crippen LogP contribution is 2.11. The Bertz CT molecular complexity index is 508. The molecule has 18 heavy (non-hydrogen) atoms. The van der Waals surface area contributed by atoms with E-state index < -0.39 is 18.0 Å². The van der Waals surface area contributed by atoms with Gasteiger partial charge in [-0.15, -0.1) is 0 Å². The second-order valence-electron chi connectivity index (χ2n) is 3.88. The first-order valence-electron chi connectivity index (χ1n) is 5.30. The number of aryl methyl sites for hydroxylation is 1. The van der Waals surface area contributed by atoms with Gasteiger partial charge in [-0.25, -0.2) is 4.79 Å². The third-order valence-corrected chi connectivity index (χ3v) is 2.60. The van der Waals surface area contributed by atoms with E-state index in [4.69, 9.17) is 9.94 Å². The van der Waals surface area contributed by atoms with Crippen LogP contribution in [0.4, 0.5) is 0 Å². The zero-order chi connectivity index (χ0) is 13.1. The fourth-order valence-corrected chi connectivity index (χ4v) is 1.49. The Balaban J connectivity index is 1.84. The lowest BCUT2D eigenvalue weighted by Crippen LogP contribution is -2.34. The molecule has 0 saturated carbocycles. The highest BCUT2D eigenvalue weighted by atomic mass is 16.6. The van der Waals surface area contributed by atoms with E-state index >= 15 is 0 Å². The number of amides is 1. The van der Waals surface area contributed by atoms with Gasteiger partial charge in [-0.2, -0.15) is 5.10 Å². The molecule has 1 unspecified atom stereocenters. The van der Waals surface area contributed by atoms with E-state index in [2.05, 4.69) is 20.7 Å². The fourth-order valence-electron chi connectivity index (χ4n) is 1.49. The summed E-state index contributed by atoms with van der Waals surface area (Å²) in [6, 6.07) is 0. The Kier molecular flexibility index (Phi) is 3.26.